The van der Waals surface area contributed by atoms with Crippen molar-refractivity contribution >= 4 is 24.6 Å². The van der Waals surface area contributed by atoms with Crippen LogP contribution in [0.5, 0.6) is 0 Å². The lowest BCUT2D eigenvalue weighted by Gasteiger charge is -1.98. The predicted octanol–water partition coefficient (Wildman–Crippen LogP) is 4.11. The number of aliphatic imine (C=N–C) groups is 1. The van der Waals surface area contributed by atoms with Crippen LogP contribution in [0.2, 0.25) is 0 Å². The number of nitrogens with zero attached hydrogens (tertiary/aromatic N) is 1. The molecule has 4 heteroatoms. The van der Waals surface area contributed by atoms with Crippen molar-refractivity contribution in [3.63, 3.8) is 0 Å². The van der Waals surface area contributed by atoms with E-state index in [0.29, 0.717) is 12.8 Å². The molecule has 0 heterocycles. The van der Waals surface area contributed by atoms with Crippen LogP contribution in [0, 0.1) is 5.41 Å². The van der Waals surface area contributed by atoms with E-state index in [1.54, 1.807) is 6.21 Å². The Labute approximate surface area is 122 Å². The van der Waals surface area contributed by atoms with Gasteiger partial charge in [-0.15, -0.1) is 0 Å². The highest BCUT2D eigenvalue weighted by Crippen LogP contribution is 2.07. The van der Waals surface area contributed by atoms with Crippen LogP contribution in [0.15, 0.2) is 4.99 Å². The van der Waals surface area contributed by atoms with Crippen LogP contribution in [0.25, 0.3) is 0 Å². The maximum absolute atomic E-state index is 11.3. The Hall–Kier alpha value is -1.32. The highest BCUT2D eigenvalue weighted by molar-refractivity contribution is 5.84. The molecule has 114 valence electrons. The first kappa shape index (κ1) is 18.7. The molecule has 0 radical (unpaired) electrons. The average molecular weight is 280 g/mol. The van der Waals surface area contributed by atoms with Gasteiger partial charge in [0.05, 0.1) is 0 Å². The van der Waals surface area contributed by atoms with Gasteiger partial charge in [0.2, 0.25) is 5.91 Å². The van der Waals surface area contributed by atoms with E-state index in [1.165, 1.54) is 31.9 Å². The fourth-order valence-electron chi connectivity index (χ4n) is 1.92. The minimum atomic E-state index is -0.0671. The summed E-state index contributed by atoms with van der Waals surface area (Å²) < 4.78 is 0. The lowest BCUT2D eigenvalue weighted by molar-refractivity contribution is -0.118. The Balaban J connectivity index is 3.27. The Bertz CT molecular complexity index is 288. The highest BCUT2D eigenvalue weighted by Gasteiger charge is 1.97. The quantitative estimate of drug-likeness (QED) is 0.295. The molecule has 20 heavy (non-hydrogen) atoms. The second-order valence-corrected chi connectivity index (χ2v) is 5.02. The molecule has 0 saturated carbocycles. The van der Waals surface area contributed by atoms with Crippen molar-refractivity contribution in [3.8, 4) is 0 Å². The second kappa shape index (κ2) is 15.7. The van der Waals surface area contributed by atoms with Gasteiger partial charge in [0, 0.05) is 19.1 Å². The Kier molecular flexibility index (Phi) is 14.7. The Morgan fingerprint density at radius 1 is 0.850 bits per heavy atom. The van der Waals surface area contributed by atoms with Crippen molar-refractivity contribution in [1.29, 1.82) is 5.41 Å². The number of rotatable bonds is 14. The summed E-state index contributed by atoms with van der Waals surface area (Å²) in [6, 6.07) is 0. The van der Waals surface area contributed by atoms with Crippen molar-refractivity contribution < 1.29 is 9.59 Å². The predicted molar refractivity (Wildman–Crippen MR) is 83.8 cm³/mol. The van der Waals surface area contributed by atoms with Gasteiger partial charge in [-0.2, -0.15) is 0 Å². The first-order valence-corrected chi connectivity index (χ1v) is 7.79. The molecule has 0 unspecified atom stereocenters. The summed E-state index contributed by atoms with van der Waals surface area (Å²) in [6.07, 6.45) is 15.5. The molecule has 1 N–H and O–H groups in total. The van der Waals surface area contributed by atoms with Gasteiger partial charge in [0.1, 0.15) is 6.29 Å². The number of nitrogens with one attached hydrogen (secondary N) is 1. The van der Waals surface area contributed by atoms with Crippen LogP contribution >= 0.6 is 0 Å². The van der Waals surface area contributed by atoms with Crippen LogP contribution in [0.1, 0.15) is 77.0 Å². The van der Waals surface area contributed by atoms with Crippen LogP contribution in [-0.4, -0.2) is 24.6 Å². The van der Waals surface area contributed by atoms with Gasteiger partial charge < -0.3 is 10.2 Å². The van der Waals surface area contributed by atoms with Gasteiger partial charge >= 0.3 is 0 Å². The molecular weight excluding hydrogens is 252 g/mol. The number of carbonyl (C=O) groups is 2. The summed E-state index contributed by atoms with van der Waals surface area (Å²) >= 11 is 0. The number of aldehydes is 1. The lowest BCUT2D eigenvalue weighted by atomic mass is 10.1. The molecule has 0 spiro atoms. The minimum absolute atomic E-state index is 0.0671. The van der Waals surface area contributed by atoms with Gasteiger partial charge in [-0.3, -0.25) is 4.79 Å². The van der Waals surface area contributed by atoms with E-state index in [0.717, 1.165) is 44.8 Å². The van der Waals surface area contributed by atoms with Gasteiger partial charge in [0.25, 0.3) is 0 Å². The topological polar surface area (TPSA) is 70.3 Å². The lowest BCUT2D eigenvalue weighted by Crippen LogP contribution is -1.94. The molecule has 0 aliphatic rings. The van der Waals surface area contributed by atoms with Crippen LogP contribution in [-0.2, 0) is 9.59 Å². The second-order valence-electron chi connectivity index (χ2n) is 5.02. The summed E-state index contributed by atoms with van der Waals surface area (Å²) in [7, 11) is 0. The van der Waals surface area contributed by atoms with Crippen LogP contribution < -0.4 is 0 Å². The number of amides is 1. The molecule has 0 aromatic carbocycles. The molecular formula is C16H28N2O2. The van der Waals surface area contributed by atoms with E-state index in [1.807, 2.05) is 0 Å². The smallest absolute Gasteiger partial charge is 0.245 e. The maximum Gasteiger partial charge on any atom is 0.245 e. The van der Waals surface area contributed by atoms with Crippen molar-refractivity contribution in [1.82, 2.24) is 0 Å². The van der Waals surface area contributed by atoms with Crippen LogP contribution in [0.3, 0.4) is 0 Å². The summed E-state index contributed by atoms with van der Waals surface area (Å²) in [5, 5.41) is 6.91. The third-order valence-electron chi connectivity index (χ3n) is 3.13. The zero-order chi connectivity index (χ0) is 14.9. The van der Waals surface area contributed by atoms with E-state index in [-0.39, 0.29) is 5.91 Å². The van der Waals surface area contributed by atoms with Crippen molar-refractivity contribution in [2.24, 2.45) is 4.99 Å². The number of unbranched alkanes of at least 4 members (excludes halogenated alkanes) is 9. The molecule has 0 rings (SSSR count). The highest BCUT2D eigenvalue weighted by atomic mass is 16.1. The fraction of sp³-hybridized carbons (Fsp3) is 0.750. The maximum atomic E-state index is 11.3. The summed E-state index contributed by atoms with van der Waals surface area (Å²) in [5.74, 6) is -0.0671. The molecule has 0 atom stereocenters. The van der Waals surface area contributed by atoms with Crippen molar-refractivity contribution in [3.05, 3.63) is 0 Å². The van der Waals surface area contributed by atoms with Crippen molar-refractivity contribution in [2.75, 3.05) is 0 Å². The van der Waals surface area contributed by atoms with Crippen molar-refractivity contribution in [2.45, 2.75) is 77.0 Å². The Morgan fingerprint density at radius 2 is 1.45 bits per heavy atom. The molecule has 1 amide bonds. The van der Waals surface area contributed by atoms with Gasteiger partial charge in [-0.05, 0) is 44.7 Å². The first-order valence-electron chi connectivity index (χ1n) is 7.79. The molecule has 0 aliphatic heterocycles. The third-order valence-corrected chi connectivity index (χ3v) is 3.13. The minimum Gasteiger partial charge on any atom is -0.313 e. The number of carbonyl (C=O) groups excluding carboxylic acids is 2. The molecule has 0 saturated heterocycles. The van der Waals surface area contributed by atoms with Crippen LogP contribution in [0.4, 0.5) is 0 Å². The molecule has 0 aromatic rings. The van der Waals surface area contributed by atoms with Gasteiger partial charge in [0.15, 0.2) is 0 Å². The van der Waals surface area contributed by atoms with E-state index < -0.39 is 0 Å². The molecule has 0 fully saturated rings. The third kappa shape index (κ3) is 14.7. The Morgan fingerprint density at radius 3 is 2.10 bits per heavy atom. The van der Waals surface area contributed by atoms with E-state index in [2.05, 4.69) is 4.99 Å². The summed E-state index contributed by atoms with van der Waals surface area (Å²) in [4.78, 5) is 25.3. The average Bonchev–Trinajstić information content (AvgIpc) is 2.45. The molecule has 0 bridgehead atoms. The normalized spacial score (nSPS) is 10.8. The van der Waals surface area contributed by atoms with E-state index >= 15 is 0 Å². The van der Waals surface area contributed by atoms with Gasteiger partial charge in [-0.25, -0.2) is 4.99 Å². The summed E-state index contributed by atoms with van der Waals surface area (Å²) in [6.45, 7) is 0. The summed E-state index contributed by atoms with van der Waals surface area (Å²) in [5.41, 5.74) is 0. The fourth-order valence-corrected chi connectivity index (χ4v) is 1.92. The van der Waals surface area contributed by atoms with E-state index in [4.69, 9.17) is 5.41 Å². The first-order chi connectivity index (χ1) is 9.81. The molecule has 0 aromatic heterocycles. The number of hydrogen-bond donors (Lipinski definition) is 1. The van der Waals surface area contributed by atoms with Gasteiger partial charge in [-0.1, -0.05) is 25.7 Å². The van der Waals surface area contributed by atoms with E-state index in [9.17, 15) is 9.59 Å². The zero-order valence-corrected chi connectivity index (χ0v) is 12.5. The monoisotopic (exact) mass is 280 g/mol. The molecule has 4 nitrogen and oxygen atoms in total. The zero-order valence-electron chi connectivity index (χ0n) is 12.5. The standard InChI is InChI=1S/C16H28N2O2/c17-13-9-5-3-1-2-4-6-10-14-18-16(20)12-8-7-11-15-19/h13-15,17H,1-12H2. The molecule has 0 aliphatic carbocycles. The SMILES string of the molecule is N=CCCCCCCCCC=NC(=O)CCCCC=O. The number of hydrogen-bond acceptors (Lipinski definition) is 3. The largest absolute Gasteiger partial charge is 0.313 e.